The third-order valence-corrected chi connectivity index (χ3v) is 5.88. The van der Waals surface area contributed by atoms with Crippen molar-refractivity contribution < 1.29 is 57.9 Å². The number of allylic oxidation sites excluding steroid dienone is 6. The van der Waals surface area contributed by atoms with Crippen LogP contribution in [0.3, 0.4) is 0 Å². The van der Waals surface area contributed by atoms with Crippen LogP contribution >= 0.6 is 0 Å². The summed E-state index contributed by atoms with van der Waals surface area (Å²) < 4.78 is 13.4. The number of hydrogen-bond donors (Lipinski definition) is 0. The van der Waals surface area contributed by atoms with Gasteiger partial charge >= 0.3 is 41.3 Å². The van der Waals surface area contributed by atoms with Gasteiger partial charge in [-0.05, 0) is 66.0 Å². The van der Waals surface area contributed by atoms with E-state index in [0.29, 0.717) is 12.2 Å². The van der Waals surface area contributed by atoms with Crippen LogP contribution in [0.25, 0.3) is 0 Å². The molecule has 32 heavy (non-hydrogen) atoms. The van der Waals surface area contributed by atoms with Crippen molar-refractivity contribution in [3.63, 3.8) is 0 Å². The number of halogens is 2. The van der Waals surface area contributed by atoms with E-state index in [1.165, 1.54) is 14.4 Å². The minimum atomic E-state index is -1.36. The largest absolute Gasteiger partial charge is 1.00 e. The van der Waals surface area contributed by atoms with Crippen LogP contribution in [0.4, 0.5) is 0 Å². The van der Waals surface area contributed by atoms with Gasteiger partial charge in [0.1, 0.15) is 0 Å². The van der Waals surface area contributed by atoms with Gasteiger partial charge < -0.3 is 33.7 Å². The molecule has 2 unspecified atom stereocenters. The molecule has 2 aliphatic rings. The molecule has 2 aliphatic carbocycles. The SMILES string of the molecule is CC(CC1=[C-]CC=C1)O[Si](C)(C)C.CC(CC1=[C-]CC=C1)O[Si](C)(C)C.C[C](C)=[Zr+2].[Cl-].[Cl-]. The molecule has 2 rings (SSSR count). The zero-order chi connectivity index (χ0) is 23.4. The minimum Gasteiger partial charge on any atom is -1.00 e. The Balaban J connectivity index is -0.000000428. The maximum Gasteiger partial charge on any atom is -1.00 e. The van der Waals surface area contributed by atoms with Gasteiger partial charge in [-0.25, -0.2) is 23.3 Å². The van der Waals surface area contributed by atoms with Gasteiger partial charge in [0, 0.05) is 12.2 Å². The molecule has 0 N–H and O–H groups in total. The van der Waals surface area contributed by atoms with Crippen LogP contribution < -0.4 is 24.8 Å². The number of rotatable bonds is 8. The summed E-state index contributed by atoms with van der Waals surface area (Å²) in [4.78, 5) is 0. The maximum atomic E-state index is 5.94. The molecule has 0 amide bonds. The molecule has 2 nitrogen and oxygen atoms in total. The van der Waals surface area contributed by atoms with Crippen LogP contribution in [-0.4, -0.2) is 32.0 Å². The molecule has 0 saturated heterocycles. The Hall–Kier alpha value is 0.647. The summed E-state index contributed by atoms with van der Waals surface area (Å²) in [6, 6.07) is 0. The van der Waals surface area contributed by atoms with Gasteiger partial charge in [-0.15, -0.1) is 12.8 Å². The Morgan fingerprint density at radius 3 is 1.28 bits per heavy atom. The van der Waals surface area contributed by atoms with Crippen LogP contribution in [0.1, 0.15) is 53.4 Å². The summed E-state index contributed by atoms with van der Waals surface area (Å²) >= 11 is 1.55. The second kappa shape index (κ2) is 18.9. The third-order valence-electron chi connectivity index (χ3n) is 3.66. The van der Waals surface area contributed by atoms with E-state index >= 15 is 0 Å². The zero-order valence-corrected chi connectivity index (χ0v) is 27.8. The third kappa shape index (κ3) is 25.3. The summed E-state index contributed by atoms with van der Waals surface area (Å²) in [7, 11) is -2.71. The summed E-state index contributed by atoms with van der Waals surface area (Å²) in [5.41, 5.74) is 2.62. The first-order valence-corrected chi connectivity index (χ1v) is 19.1. The van der Waals surface area contributed by atoms with Gasteiger partial charge in [0.2, 0.25) is 0 Å². The molecule has 0 aromatic rings. The number of hydrogen-bond acceptors (Lipinski definition) is 2. The Labute approximate surface area is 228 Å². The second-order valence-corrected chi connectivity index (χ2v) is 21.5. The van der Waals surface area contributed by atoms with Gasteiger partial charge in [0.25, 0.3) is 0 Å². The molecule has 0 radical (unpaired) electrons. The van der Waals surface area contributed by atoms with E-state index in [2.05, 4.69) is 103 Å². The van der Waals surface area contributed by atoms with E-state index in [1.54, 1.807) is 24.2 Å². The average Bonchev–Trinajstić information content (AvgIpc) is 3.16. The maximum absolute atomic E-state index is 5.94. The molecule has 0 bridgehead atoms. The van der Waals surface area contributed by atoms with Gasteiger partial charge in [-0.3, -0.25) is 12.2 Å². The molecule has 0 saturated carbocycles. The second-order valence-electron chi connectivity index (χ2n) is 10.1. The Morgan fingerprint density at radius 1 is 0.812 bits per heavy atom. The predicted octanol–water partition coefficient (Wildman–Crippen LogP) is 1.37. The van der Waals surface area contributed by atoms with Crippen molar-refractivity contribution in [2.24, 2.45) is 0 Å². The van der Waals surface area contributed by atoms with Gasteiger partial charge in [0.05, 0.1) is 0 Å². The summed E-state index contributed by atoms with van der Waals surface area (Å²) in [5, 5.41) is 0. The molecule has 0 fully saturated rings. The molecule has 7 heteroatoms. The fourth-order valence-electron chi connectivity index (χ4n) is 3.09. The van der Waals surface area contributed by atoms with Crippen molar-refractivity contribution in [3.05, 3.63) is 47.6 Å². The van der Waals surface area contributed by atoms with E-state index in [4.69, 9.17) is 8.85 Å². The predicted molar refractivity (Wildman–Crippen MR) is 134 cm³/mol. The fraction of sp³-hybridized carbons (Fsp3) is 0.640. The van der Waals surface area contributed by atoms with E-state index in [-0.39, 0.29) is 24.8 Å². The van der Waals surface area contributed by atoms with E-state index in [1.807, 2.05) is 0 Å². The topological polar surface area (TPSA) is 18.5 Å². The molecule has 0 spiro atoms. The van der Waals surface area contributed by atoms with Crippen molar-refractivity contribution in [1.82, 2.24) is 0 Å². The Bertz CT molecular complexity index is 591. The van der Waals surface area contributed by atoms with E-state index in [9.17, 15) is 0 Å². The van der Waals surface area contributed by atoms with Crippen molar-refractivity contribution in [2.45, 2.75) is 105 Å². The van der Waals surface area contributed by atoms with E-state index in [0.717, 1.165) is 25.7 Å². The van der Waals surface area contributed by atoms with Crippen molar-refractivity contribution >= 4 is 19.8 Å². The summed E-state index contributed by atoms with van der Waals surface area (Å²) in [6.07, 6.45) is 19.9. The quantitative estimate of drug-likeness (QED) is 0.312. The summed E-state index contributed by atoms with van der Waals surface area (Å²) in [6.45, 7) is 21.9. The smallest absolute Gasteiger partial charge is 1.00 e. The van der Waals surface area contributed by atoms with Gasteiger partial charge in [-0.1, -0.05) is 0 Å². The normalized spacial score (nSPS) is 16.2. The van der Waals surface area contributed by atoms with Gasteiger partial charge in [-0.2, -0.15) is 12.2 Å². The van der Waals surface area contributed by atoms with Gasteiger partial charge in [0.15, 0.2) is 16.6 Å². The molecule has 0 heterocycles. The molecule has 0 aliphatic heterocycles. The first-order chi connectivity index (χ1) is 13.7. The Kier molecular flexibility index (Phi) is 22.0. The first-order valence-electron chi connectivity index (χ1n) is 11.1. The summed E-state index contributed by atoms with van der Waals surface area (Å²) in [5.74, 6) is 0. The van der Waals surface area contributed by atoms with Crippen LogP contribution in [-0.2, 0) is 33.1 Å². The average molecular weight is 595 g/mol. The first kappa shape index (κ1) is 37.2. The minimum absolute atomic E-state index is 0. The molecule has 0 aromatic heterocycles. The standard InChI is InChI=1S/2C11H19OSi.C3H6.2ClH.Zr/c2*1-10(12-13(2,3)4)9-11-7-5-6-8-11;1-3-2;;;/h2*5,7,10H,6,9H2,1-4H3;1-2H3;2*1H;/q2*-1;;;;+2/p-2. The zero-order valence-electron chi connectivity index (χ0n) is 21.9. The molecular formula is C25H44Cl2O2Si2Zr-2. The van der Waals surface area contributed by atoms with Crippen molar-refractivity contribution in [3.8, 4) is 0 Å². The van der Waals surface area contributed by atoms with Crippen LogP contribution in [0.15, 0.2) is 35.5 Å². The van der Waals surface area contributed by atoms with Crippen LogP contribution in [0, 0.1) is 12.2 Å². The van der Waals surface area contributed by atoms with Crippen molar-refractivity contribution in [1.29, 1.82) is 0 Å². The van der Waals surface area contributed by atoms with Crippen LogP contribution in [0.2, 0.25) is 39.3 Å². The molecule has 2 atom stereocenters. The Morgan fingerprint density at radius 2 is 1.09 bits per heavy atom. The molecule has 0 aromatic carbocycles. The van der Waals surface area contributed by atoms with Crippen molar-refractivity contribution in [2.75, 3.05) is 0 Å². The fourth-order valence-corrected chi connectivity index (χ4v) is 5.67. The monoisotopic (exact) mass is 592 g/mol. The molecule has 184 valence electrons. The van der Waals surface area contributed by atoms with E-state index < -0.39 is 16.6 Å². The van der Waals surface area contributed by atoms with Crippen LogP contribution in [0.5, 0.6) is 0 Å². The molecular weight excluding hydrogens is 551 g/mol.